The summed E-state index contributed by atoms with van der Waals surface area (Å²) in [5.74, 6) is -0.410. The van der Waals surface area contributed by atoms with Crippen molar-refractivity contribution in [1.82, 2.24) is 9.78 Å². The molecule has 0 aliphatic rings. The second-order valence-corrected chi connectivity index (χ2v) is 7.88. The molecule has 0 atom stereocenters. The number of nitrogens with one attached hydrogen (secondary N) is 2. The van der Waals surface area contributed by atoms with E-state index in [0.29, 0.717) is 16.3 Å². The van der Waals surface area contributed by atoms with Gasteiger partial charge in [0.15, 0.2) is 0 Å². The smallest absolute Gasteiger partial charge is 0.265 e. The van der Waals surface area contributed by atoms with Crippen LogP contribution in [0.25, 0.3) is 15.9 Å². The number of nitrogens with zero attached hydrogens (tertiary/aromatic N) is 2. The minimum Gasteiger partial charge on any atom is -0.325 e. The number of anilines is 2. The number of aryl methyl sites for hydroxylation is 2. The molecule has 2 aromatic carbocycles. The Morgan fingerprint density at radius 2 is 1.72 bits per heavy atom. The summed E-state index contributed by atoms with van der Waals surface area (Å²) in [6, 6.07) is 17.2. The van der Waals surface area contributed by atoms with Gasteiger partial charge in [0.2, 0.25) is 5.91 Å². The molecule has 29 heavy (non-hydrogen) atoms. The number of para-hydroxylation sites is 1. The van der Waals surface area contributed by atoms with Crippen LogP contribution < -0.4 is 10.6 Å². The third-order valence-electron chi connectivity index (χ3n) is 4.50. The Labute approximate surface area is 172 Å². The van der Waals surface area contributed by atoms with E-state index in [1.54, 1.807) is 6.07 Å². The molecule has 0 saturated carbocycles. The van der Waals surface area contributed by atoms with E-state index in [4.69, 9.17) is 0 Å². The molecule has 0 aliphatic carbocycles. The first kappa shape index (κ1) is 18.9. The van der Waals surface area contributed by atoms with Gasteiger partial charge >= 0.3 is 0 Å². The van der Waals surface area contributed by atoms with Gasteiger partial charge in [-0.1, -0.05) is 24.3 Å². The van der Waals surface area contributed by atoms with Crippen LogP contribution in [-0.2, 0) is 4.79 Å². The molecule has 2 amide bonds. The number of amides is 2. The molecule has 0 spiro atoms. The van der Waals surface area contributed by atoms with Crippen LogP contribution in [0, 0.1) is 13.8 Å². The lowest BCUT2D eigenvalue weighted by molar-refractivity contribution is -0.114. The van der Waals surface area contributed by atoms with E-state index in [0.717, 1.165) is 27.2 Å². The lowest BCUT2D eigenvalue weighted by Crippen LogP contribution is -2.14. The number of aromatic nitrogens is 2. The van der Waals surface area contributed by atoms with Crippen molar-refractivity contribution in [2.75, 3.05) is 10.6 Å². The van der Waals surface area contributed by atoms with E-state index < -0.39 is 0 Å². The predicted octanol–water partition coefficient (Wildman–Crippen LogP) is 4.91. The summed E-state index contributed by atoms with van der Waals surface area (Å²) in [6.07, 6.45) is 0. The van der Waals surface area contributed by atoms with Gasteiger partial charge in [-0.05, 0) is 49.7 Å². The van der Waals surface area contributed by atoms with Gasteiger partial charge in [-0.15, -0.1) is 11.3 Å². The van der Waals surface area contributed by atoms with Gasteiger partial charge in [0.25, 0.3) is 5.91 Å². The van der Waals surface area contributed by atoms with Crippen LogP contribution in [0.3, 0.4) is 0 Å². The van der Waals surface area contributed by atoms with Crippen LogP contribution in [0.1, 0.15) is 27.9 Å². The molecule has 0 unspecified atom stereocenters. The van der Waals surface area contributed by atoms with E-state index >= 15 is 0 Å². The molecule has 2 N–H and O–H groups in total. The molecule has 2 heterocycles. The Morgan fingerprint density at radius 3 is 2.45 bits per heavy atom. The van der Waals surface area contributed by atoms with Crippen molar-refractivity contribution in [2.45, 2.75) is 20.8 Å². The zero-order valence-corrected chi connectivity index (χ0v) is 17.1. The summed E-state index contributed by atoms with van der Waals surface area (Å²) in [6.45, 7) is 5.31. The summed E-state index contributed by atoms with van der Waals surface area (Å²) in [4.78, 5) is 25.9. The van der Waals surface area contributed by atoms with E-state index in [-0.39, 0.29) is 11.8 Å². The summed E-state index contributed by atoms with van der Waals surface area (Å²) in [5, 5.41) is 11.2. The van der Waals surface area contributed by atoms with Crippen LogP contribution in [0.2, 0.25) is 0 Å². The zero-order valence-electron chi connectivity index (χ0n) is 16.3. The van der Waals surface area contributed by atoms with E-state index in [9.17, 15) is 9.59 Å². The standard InChI is InChI=1S/C22H20N4O2S/c1-13-9-10-18(23-15(3)27)19(11-13)24-21(28)20-12-17-14(2)25-26(22(17)29-20)16-7-5-4-6-8-16/h4-12H,1-3H3,(H,23,27)(H,24,28). The van der Waals surface area contributed by atoms with Gasteiger partial charge in [0.05, 0.1) is 27.6 Å². The van der Waals surface area contributed by atoms with Crippen LogP contribution >= 0.6 is 11.3 Å². The number of carbonyl (C=O) groups excluding carboxylic acids is 2. The summed E-state index contributed by atoms with van der Waals surface area (Å²) >= 11 is 1.39. The van der Waals surface area contributed by atoms with Crippen molar-refractivity contribution < 1.29 is 9.59 Å². The minimum absolute atomic E-state index is 0.190. The first-order chi connectivity index (χ1) is 13.9. The molecule has 4 rings (SSSR count). The van der Waals surface area contributed by atoms with Crippen molar-refractivity contribution in [1.29, 1.82) is 0 Å². The molecular formula is C22H20N4O2S. The molecule has 0 bridgehead atoms. The number of rotatable bonds is 4. The van der Waals surface area contributed by atoms with Crippen LogP contribution in [-0.4, -0.2) is 21.6 Å². The van der Waals surface area contributed by atoms with Crippen molar-refractivity contribution in [3.63, 3.8) is 0 Å². The molecule has 0 aliphatic heterocycles. The fourth-order valence-corrected chi connectivity index (χ4v) is 4.23. The van der Waals surface area contributed by atoms with Crippen LogP contribution in [0.5, 0.6) is 0 Å². The normalized spacial score (nSPS) is 10.9. The fourth-order valence-electron chi connectivity index (χ4n) is 3.15. The van der Waals surface area contributed by atoms with Gasteiger partial charge in [-0.3, -0.25) is 9.59 Å². The number of thiophene rings is 1. The molecule has 0 saturated heterocycles. The predicted molar refractivity (Wildman–Crippen MR) is 117 cm³/mol. The maximum Gasteiger partial charge on any atom is 0.265 e. The first-order valence-corrected chi connectivity index (χ1v) is 9.98. The third kappa shape index (κ3) is 3.77. The van der Waals surface area contributed by atoms with Gasteiger partial charge in [0, 0.05) is 12.3 Å². The Hall–Kier alpha value is -3.45. The average molecular weight is 404 g/mol. The number of carbonyl (C=O) groups is 2. The summed E-state index contributed by atoms with van der Waals surface area (Å²) in [7, 11) is 0. The van der Waals surface area contributed by atoms with E-state index in [2.05, 4.69) is 15.7 Å². The quantitative estimate of drug-likeness (QED) is 0.507. The van der Waals surface area contributed by atoms with Crippen molar-refractivity contribution in [3.8, 4) is 5.69 Å². The topological polar surface area (TPSA) is 76.0 Å². The third-order valence-corrected chi connectivity index (χ3v) is 5.61. The monoisotopic (exact) mass is 404 g/mol. The highest BCUT2D eigenvalue weighted by atomic mass is 32.1. The molecule has 2 aromatic heterocycles. The highest BCUT2D eigenvalue weighted by molar-refractivity contribution is 7.20. The number of hydrogen-bond acceptors (Lipinski definition) is 4. The Bertz CT molecular complexity index is 1220. The second-order valence-electron chi connectivity index (χ2n) is 6.85. The Kier molecular flexibility index (Phi) is 4.90. The Morgan fingerprint density at radius 1 is 0.966 bits per heavy atom. The lowest BCUT2D eigenvalue weighted by Gasteiger charge is -2.11. The van der Waals surface area contributed by atoms with Gasteiger partial charge in [-0.2, -0.15) is 5.10 Å². The molecule has 6 nitrogen and oxygen atoms in total. The highest BCUT2D eigenvalue weighted by Gasteiger charge is 2.18. The van der Waals surface area contributed by atoms with Crippen molar-refractivity contribution in [3.05, 3.63) is 70.7 Å². The molecule has 0 fully saturated rings. The van der Waals surface area contributed by atoms with Gasteiger partial charge in [-0.25, -0.2) is 4.68 Å². The highest BCUT2D eigenvalue weighted by Crippen LogP contribution is 2.31. The molecule has 7 heteroatoms. The molecular weight excluding hydrogens is 384 g/mol. The van der Waals surface area contributed by atoms with Crippen LogP contribution in [0.4, 0.5) is 11.4 Å². The van der Waals surface area contributed by atoms with Gasteiger partial charge < -0.3 is 10.6 Å². The molecule has 4 aromatic rings. The maximum atomic E-state index is 12.9. The van der Waals surface area contributed by atoms with Gasteiger partial charge in [0.1, 0.15) is 4.83 Å². The SMILES string of the molecule is CC(=O)Nc1ccc(C)cc1NC(=O)c1cc2c(C)nn(-c3ccccc3)c2s1. The van der Waals surface area contributed by atoms with E-state index in [1.807, 2.05) is 67.1 Å². The number of hydrogen-bond donors (Lipinski definition) is 2. The number of benzene rings is 2. The lowest BCUT2D eigenvalue weighted by atomic mass is 10.2. The summed E-state index contributed by atoms with van der Waals surface area (Å²) in [5.41, 5.74) is 3.95. The first-order valence-electron chi connectivity index (χ1n) is 9.16. The molecule has 146 valence electrons. The van der Waals surface area contributed by atoms with Crippen molar-refractivity contribution in [2.24, 2.45) is 0 Å². The van der Waals surface area contributed by atoms with E-state index in [1.165, 1.54) is 18.3 Å². The fraction of sp³-hybridized carbons (Fsp3) is 0.136. The summed E-state index contributed by atoms with van der Waals surface area (Å²) < 4.78 is 1.86. The molecule has 0 radical (unpaired) electrons. The largest absolute Gasteiger partial charge is 0.325 e. The van der Waals surface area contributed by atoms with Crippen LogP contribution in [0.15, 0.2) is 54.6 Å². The zero-order chi connectivity index (χ0) is 20.5. The van der Waals surface area contributed by atoms with Crippen molar-refractivity contribution >= 4 is 44.7 Å². The number of fused-ring (bicyclic) bond motifs is 1. The maximum absolute atomic E-state index is 12.9. The second kappa shape index (κ2) is 7.52. The minimum atomic E-state index is -0.220. The average Bonchev–Trinajstić information content (AvgIpc) is 3.25. The Balaban J connectivity index is 1.69.